The van der Waals surface area contributed by atoms with Gasteiger partial charge in [0.1, 0.15) is 21.8 Å². The van der Waals surface area contributed by atoms with Crippen molar-refractivity contribution in [1.82, 2.24) is 25.1 Å². The molecule has 3 amide bonds. The number of likely N-dealkylation sites (tertiary alicyclic amines) is 2. The van der Waals surface area contributed by atoms with Crippen LogP contribution < -0.4 is 5.32 Å². The van der Waals surface area contributed by atoms with Crippen LogP contribution >= 0.6 is 22.7 Å². The molecule has 4 heterocycles. The van der Waals surface area contributed by atoms with Gasteiger partial charge in [0.05, 0.1) is 21.8 Å². The van der Waals surface area contributed by atoms with E-state index in [0.717, 1.165) is 119 Å². The lowest BCUT2D eigenvalue weighted by molar-refractivity contribution is -0.139. The SMILES string of the molecule is CCC[C@@H](CC(=O)C1CC1)C(=O)N1CCC[C@H]1c1ncc(-c2ccc(-c3ccc(-c4cnc([C@@H]5CCCN5C(=O)[C@@H](CCC)NC(=O)C5CC5)s4)cc3)cc2)s1. The highest BCUT2D eigenvalue weighted by molar-refractivity contribution is 7.15. The summed E-state index contributed by atoms with van der Waals surface area (Å²) in [4.78, 5) is 68.4. The zero-order chi connectivity index (χ0) is 38.8. The molecule has 4 fully saturated rings. The Kier molecular flexibility index (Phi) is 11.8. The monoisotopic (exact) mass is 791 g/mol. The van der Waals surface area contributed by atoms with Crippen molar-refractivity contribution in [3.05, 3.63) is 70.9 Å². The van der Waals surface area contributed by atoms with E-state index in [0.29, 0.717) is 19.4 Å². The fraction of sp³-hybridized carbons (Fsp3) is 0.511. The van der Waals surface area contributed by atoms with Crippen LogP contribution in [0.5, 0.6) is 0 Å². The summed E-state index contributed by atoms with van der Waals surface area (Å²) in [5.74, 6) is 0.496. The molecule has 2 aliphatic heterocycles. The number of thiazole rings is 2. The van der Waals surface area contributed by atoms with Gasteiger partial charge in [-0.05, 0) is 86.5 Å². The van der Waals surface area contributed by atoms with Gasteiger partial charge < -0.3 is 15.1 Å². The van der Waals surface area contributed by atoms with Gasteiger partial charge in [-0.15, -0.1) is 22.7 Å². The minimum absolute atomic E-state index is 0.0207. The van der Waals surface area contributed by atoms with Gasteiger partial charge in [-0.25, -0.2) is 9.97 Å². The second-order valence-electron chi connectivity index (χ2n) is 16.2. The van der Waals surface area contributed by atoms with E-state index < -0.39 is 6.04 Å². The van der Waals surface area contributed by atoms with E-state index >= 15 is 0 Å². The van der Waals surface area contributed by atoms with Crippen LogP contribution in [-0.4, -0.2) is 62.4 Å². The molecular weight excluding hydrogens is 739 g/mol. The number of hydrogen-bond donors (Lipinski definition) is 1. The Bertz CT molecular complexity index is 1890. The molecular formula is C45H53N5O4S2. The number of ketones is 1. The largest absolute Gasteiger partial charge is 0.344 e. The van der Waals surface area contributed by atoms with Gasteiger partial charge in [0.2, 0.25) is 17.7 Å². The number of Topliss-reactive ketones (excluding diaryl/α,β-unsaturated/α-hetero) is 1. The third kappa shape index (κ3) is 8.54. The summed E-state index contributed by atoms with van der Waals surface area (Å²) in [7, 11) is 0. The lowest BCUT2D eigenvalue weighted by Crippen LogP contribution is -2.48. The normalized spacial score (nSPS) is 20.6. The van der Waals surface area contributed by atoms with Crippen molar-refractivity contribution in [1.29, 1.82) is 0 Å². The van der Waals surface area contributed by atoms with E-state index in [1.807, 2.05) is 22.2 Å². The van der Waals surface area contributed by atoms with Gasteiger partial charge in [-0.3, -0.25) is 19.2 Å². The molecule has 2 aliphatic carbocycles. The zero-order valence-corrected chi connectivity index (χ0v) is 34.2. The molecule has 56 heavy (non-hydrogen) atoms. The van der Waals surface area contributed by atoms with Crippen molar-refractivity contribution >= 4 is 46.2 Å². The van der Waals surface area contributed by atoms with Gasteiger partial charge >= 0.3 is 0 Å². The first-order valence-corrected chi connectivity index (χ1v) is 22.5. The lowest BCUT2D eigenvalue weighted by atomic mass is 9.94. The van der Waals surface area contributed by atoms with Crippen molar-refractivity contribution in [2.45, 2.75) is 115 Å². The molecule has 4 aromatic rings. The number of nitrogens with zero attached hydrogens (tertiary/aromatic N) is 4. The average molecular weight is 792 g/mol. The van der Waals surface area contributed by atoms with Crippen LogP contribution in [0.15, 0.2) is 60.9 Å². The minimum atomic E-state index is -0.465. The summed E-state index contributed by atoms with van der Waals surface area (Å²) in [5, 5.41) is 4.98. The molecule has 0 spiro atoms. The molecule has 0 unspecified atom stereocenters. The van der Waals surface area contributed by atoms with Crippen LogP contribution in [-0.2, 0) is 19.2 Å². The molecule has 2 aromatic heterocycles. The second kappa shape index (κ2) is 17.1. The molecule has 0 radical (unpaired) electrons. The van der Waals surface area contributed by atoms with Crippen LogP contribution in [0, 0.1) is 17.8 Å². The Morgan fingerprint density at radius 1 is 0.661 bits per heavy atom. The van der Waals surface area contributed by atoms with Gasteiger partial charge in [-0.2, -0.15) is 0 Å². The summed E-state index contributed by atoms with van der Waals surface area (Å²) < 4.78 is 0. The van der Waals surface area contributed by atoms with E-state index in [2.05, 4.69) is 67.7 Å². The van der Waals surface area contributed by atoms with Crippen molar-refractivity contribution in [2.24, 2.45) is 17.8 Å². The first kappa shape index (κ1) is 38.6. The third-order valence-electron chi connectivity index (χ3n) is 12.0. The predicted octanol–water partition coefficient (Wildman–Crippen LogP) is 9.41. The van der Waals surface area contributed by atoms with Crippen molar-refractivity contribution in [3.8, 4) is 32.0 Å². The lowest BCUT2D eigenvalue weighted by Gasteiger charge is -2.28. The smallest absolute Gasteiger partial charge is 0.245 e. The first-order valence-electron chi connectivity index (χ1n) is 20.9. The van der Waals surface area contributed by atoms with Gasteiger partial charge in [0.15, 0.2) is 0 Å². The van der Waals surface area contributed by atoms with E-state index in [4.69, 9.17) is 9.97 Å². The van der Waals surface area contributed by atoms with Gasteiger partial charge in [-0.1, -0.05) is 75.2 Å². The molecule has 4 aliphatic rings. The van der Waals surface area contributed by atoms with Crippen LogP contribution in [0.25, 0.3) is 32.0 Å². The fourth-order valence-electron chi connectivity index (χ4n) is 8.47. The maximum absolute atomic E-state index is 13.7. The Balaban J connectivity index is 0.899. The average Bonchev–Trinajstić information content (AvgIpc) is 3.98. The molecule has 8 rings (SSSR count). The molecule has 2 aromatic carbocycles. The Morgan fingerprint density at radius 2 is 1.14 bits per heavy atom. The standard InChI is InChI=1S/C45H53N5O4S2/c1-3-7-34(25-38(51)30-15-16-30)44(53)49-23-5-9-36(49)42-46-26-39(55-42)31-17-11-28(12-18-31)29-13-19-32(20-14-29)40-27-47-43(56-40)37-10-6-24-50(37)45(54)35(8-4-2)48-41(52)33-21-22-33/h11-14,17-20,26-27,30,33-37H,3-10,15-16,21-25H2,1-2H3,(H,48,52)/t34-,35+,36-,37-/m0/s1. The van der Waals surface area contributed by atoms with E-state index in [9.17, 15) is 19.2 Å². The molecule has 9 nitrogen and oxygen atoms in total. The summed E-state index contributed by atoms with van der Waals surface area (Å²) in [5.41, 5.74) is 4.45. The molecule has 4 atom stereocenters. The Hall–Kier alpha value is -4.22. The third-order valence-corrected chi connectivity index (χ3v) is 14.3. The summed E-state index contributed by atoms with van der Waals surface area (Å²) in [6.07, 6.45) is 14.9. The highest BCUT2D eigenvalue weighted by atomic mass is 32.1. The van der Waals surface area contributed by atoms with Crippen LogP contribution in [0.1, 0.15) is 119 Å². The summed E-state index contributed by atoms with van der Waals surface area (Å²) >= 11 is 3.31. The highest BCUT2D eigenvalue weighted by Gasteiger charge is 2.40. The second-order valence-corrected chi connectivity index (χ2v) is 18.3. The first-order chi connectivity index (χ1) is 27.3. The highest BCUT2D eigenvalue weighted by Crippen LogP contribution is 2.41. The summed E-state index contributed by atoms with van der Waals surface area (Å²) in [6.45, 7) is 5.57. The number of rotatable bonds is 16. The Morgan fingerprint density at radius 3 is 1.62 bits per heavy atom. The number of carbonyl (C=O) groups excluding carboxylic acids is 4. The van der Waals surface area contributed by atoms with Crippen molar-refractivity contribution in [2.75, 3.05) is 13.1 Å². The topological polar surface area (TPSA) is 113 Å². The number of carbonyl (C=O) groups is 4. The molecule has 294 valence electrons. The molecule has 2 saturated carbocycles. The maximum Gasteiger partial charge on any atom is 0.245 e. The molecule has 1 N–H and O–H groups in total. The zero-order valence-electron chi connectivity index (χ0n) is 32.6. The van der Waals surface area contributed by atoms with Crippen LogP contribution in [0.4, 0.5) is 0 Å². The quantitative estimate of drug-likeness (QED) is 0.121. The van der Waals surface area contributed by atoms with Gasteiger partial charge in [0.25, 0.3) is 0 Å². The van der Waals surface area contributed by atoms with Crippen LogP contribution in [0.2, 0.25) is 0 Å². The number of aromatic nitrogens is 2. The Labute approximate surface area is 338 Å². The number of benzene rings is 2. The number of hydrogen-bond acceptors (Lipinski definition) is 8. The maximum atomic E-state index is 13.7. The van der Waals surface area contributed by atoms with Crippen LogP contribution in [0.3, 0.4) is 0 Å². The molecule has 0 bridgehead atoms. The number of nitrogens with one attached hydrogen (secondary N) is 1. The summed E-state index contributed by atoms with van der Waals surface area (Å²) in [6, 6.07) is 16.6. The molecule has 11 heteroatoms. The predicted molar refractivity (Wildman–Crippen MR) is 222 cm³/mol. The molecule has 2 saturated heterocycles. The van der Waals surface area contributed by atoms with E-state index in [-0.39, 0.29) is 53.3 Å². The minimum Gasteiger partial charge on any atom is -0.344 e. The van der Waals surface area contributed by atoms with Gasteiger partial charge in [0, 0.05) is 49.7 Å². The van der Waals surface area contributed by atoms with Crippen molar-refractivity contribution in [3.63, 3.8) is 0 Å². The van der Waals surface area contributed by atoms with E-state index in [1.165, 1.54) is 0 Å². The van der Waals surface area contributed by atoms with Crippen molar-refractivity contribution < 1.29 is 19.2 Å². The fourth-order valence-corrected chi connectivity index (χ4v) is 10.6. The van der Waals surface area contributed by atoms with E-state index in [1.54, 1.807) is 22.7 Å². The number of amides is 3.